The molecule has 0 fully saturated rings. The first-order valence-electron chi connectivity index (χ1n) is 7.56. The Bertz CT molecular complexity index is 647. The summed E-state index contributed by atoms with van der Waals surface area (Å²) in [5, 5.41) is 6.41. The third kappa shape index (κ3) is 4.98. The molecule has 7 heteroatoms. The largest absolute Gasteiger partial charge is 0.481 e. The first kappa shape index (κ1) is 16.8. The number of rotatable bonds is 6. The van der Waals surface area contributed by atoms with Gasteiger partial charge >= 0.3 is 0 Å². The van der Waals surface area contributed by atoms with Gasteiger partial charge in [0.1, 0.15) is 5.76 Å². The number of methoxy groups -OCH3 is 1. The highest BCUT2D eigenvalue weighted by atomic mass is 16.5. The van der Waals surface area contributed by atoms with Crippen LogP contribution in [0.4, 0.5) is 0 Å². The number of pyridine rings is 1. The Kier molecular flexibility index (Phi) is 5.96. The van der Waals surface area contributed by atoms with E-state index >= 15 is 0 Å². The van der Waals surface area contributed by atoms with Gasteiger partial charge in [0.05, 0.1) is 25.9 Å². The molecule has 0 spiro atoms. The second-order valence-corrected chi connectivity index (χ2v) is 5.00. The van der Waals surface area contributed by atoms with Crippen LogP contribution >= 0.6 is 0 Å². The maximum absolute atomic E-state index is 5.55. The Hall–Kier alpha value is -2.57. The zero-order chi connectivity index (χ0) is 16.7. The van der Waals surface area contributed by atoms with Gasteiger partial charge in [-0.3, -0.25) is 0 Å². The second-order valence-electron chi connectivity index (χ2n) is 5.00. The number of hydrogen-bond donors (Lipinski definition) is 2. The molecule has 0 saturated carbocycles. The topological polar surface area (TPSA) is 84.6 Å². The van der Waals surface area contributed by atoms with Crippen molar-refractivity contribution >= 4 is 5.96 Å². The number of aromatic nitrogens is 2. The van der Waals surface area contributed by atoms with E-state index in [0.29, 0.717) is 30.8 Å². The molecule has 0 aliphatic heterocycles. The predicted molar refractivity (Wildman–Crippen MR) is 88.4 cm³/mol. The van der Waals surface area contributed by atoms with Gasteiger partial charge in [-0.2, -0.15) is 0 Å². The summed E-state index contributed by atoms with van der Waals surface area (Å²) in [6, 6.07) is 3.78. The first-order valence-corrected chi connectivity index (χ1v) is 7.56. The van der Waals surface area contributed by atoms with Gasteiger partial charge in [0, 0.05) is 18.8 Å². The van der Waals surface area contributed by atoms with E-state index in [0.717, 1.165) is 23.6 Å². The molecule has 124 valence electrons. The van der Waals surface area contributed by atoms with Crippen molar-refractivity contribution < 1.29 is 9.15 Å². The average Bonchev–Trinajstić information content (AvgIpc) is 2.88. The Balaban J connectivity index is 1.98. The molecule has 0 aliphatic carbocycles. The molecule has 0 atom stereocenters. The summed E-state index contributed by atoms with van der Waals surface area (Å²) in [6.07, 6.45) is 1.71. The molecule has 0 aromatic carbocycles. The van der Waals surface area contributed by atoms with Crippen LogP contribution in [0.2, 0.25) is 0 Å². The maximum Gasteiger partial charge on any atom is 0.214 e. The number of guanidine groups is 1. The van der Waals surface area contributed by atoms with Gasteiger partial charge < -0.3 is 19.8 Å². The van der Waals surface area contributed by atoms with E-state index in [9.17, 15) is 0 Å². The van der Waals surface area contributed by atoms with E-state index < -0.39 is 0 Å². The van der Waals surface area contributed by atoms with Crippen LogP contribution in [-0.2, 0) is 13.1 Å². The molecular formula is C16H23N5O2. The SMILES string of the molecule is CCNC(=NCc1ccnc(OC)c1)NCc1nc(C)c(C)o1. The molecule has 0 saturated heterocycles. The van der Waals surface area contributed by atoms with Crippen molar-refractivity contribution in [2.24, 2.45) is 4.99 Å². The number of aryl methyl sites for hydroxylation is 2. The van der Waals surface area contributed by atoms with E-state index in [1.54, 1.807) is 13.3 Å². The molecule has 2 N–H and O–H groups in total. The standard InChI is InChI=1S/C16H23N5O2/c1-5-17-16(20-10-15-21-11(2)12(3)23-15)19-9-13-6-7-18-14(8-13)22-4/h6-8H,5,9-10H2,1-4H3,(H2,17,19,20). The van der Waals surface area contributed by atoms with Crippen molar-refractivity contribution in [1.82, 2.24) is 20.6 Å². The summed E-state index contributed by atoms with van der Waals surface area (Å²) in [6.45, 7) is 7.64. The third-order valence-corrected chi connectivity index (χ3v) is 3.25. The summed E-state index contributed by atoms with van der Waals surface area (Å²) in [4.78, 5) is 13.0. The lowest BCUT2D eigenvalue weighted by Gasteiger charge is -2.10. The molecule has 0 aliphatic rings. The highest BCUT2D eigenvalue weighted by Gasteiger charge is 2.06. The monoisotopic (exact) mass is 317 g/mol. The van der Waals surface area contributed by atoms with E-state index in [1.807, 2.05) is 32.9 Å². The van der Waals surface area contributed by atoms with Crippen LogP contribution in [0.3, 0.4) is 0 Å². The van der Waals surface area contributed by atoms with Crippen LogP contribution < -0.4 is 15.4 Å². The molecule has 2 rings (SSSR count). The minimum absolute atomic E-state index is 0.486. The van der Waals surface area contributed by atoms with Gasteiger partial charge in [-0.15, -0.1) is 0 Å². The van der Waals surface area contributed by atoms with E-state index in [-0.39, 0.29) is 0 Å². The average molecular weight is 317 g/mol. The lowest BCUT2D eigenvalue weighted by Crippen LogP contribution is -2.36. The van der Waals surface area contributed by atoms with Crippen molar-refractivity contribution in [2.75, 3.05) is 13.7 Å². The zero-order valence-corrected chi connectivity index (χ0v) is 14.0. The summed E-state index contributed by atoms with van der Waals surface area (Å²) >= 11 is 0. The quantitative estimate of drug-likeness (QED) is 0.626. The van der Waals surface area contributed by atoms with Crippen LogP contribution in [0.1, 0.15) is 29.8 Å². The minimum atomic E-state index is 0.486. The number of hydrogen-bond acceptors (Lipinski definition) is 5. The minimum Gasteiger partial charge on any atom is -0.481 e. The van der Waals surface area contributed by atoms with Crippen LogP contribution in [0, 0.1) is 13.8 Å². The van der Waals surface area contributed by atoms with Crippen LogP contribution in [0.5, 0.6) is 5.88 Å². The summed E-state index contributed by atoms with van der Waals surface area (Å²) in [5.74, 6) is 2.78. The normalized spacial score (nSPS) is 11.4. The molecule has 0 bridgehead atoms. The number of aliphatic imine (C=N–C) groups is 1. The van der Waals surface area contributed by atoms with E-state index in [2.05, 4.69) is 25.6 Å². The molecule has 0 amide bonds. The number of nitrogens with zero attached hydrogens (tertiary/aromatic N) is 3. The number of nitrogens with one attached hydrogen (secondary N) is 2. The summed E-state index contributed by atoms with van der Waals surface area (Å²) < 4.78 is 10.7. The Morgan fingerprint density at radius 2 is 2.17 bits per heavy atom. The first-order chi connectivity index (χ1) is 11.1. The predicted octanol–water partition coefficient (Wildman–Crippen LogP) is 1.95. The van der Waals surface area contributed by atoms with Crippen molar-refractivity contribution in [2.45, 2.75) is 33.9 Å². The van der Waals surface area contributed by atoms with E-state index in [1.165, 1.54) is 0 Å². The van der Waals surface area contributed by atoms with Crippen molar-refractivity contribution in [1.29, 1.82) is 0 Å². The fourth-order valence-electron chi connectivity index (χ4n) is 1.95. The van der Waals surface area contributed by atoms with Crippen molar-refractivity contribution in [3.05, 3.63) is 41.2 Å². The molecule has 7 nitrogen and oxygen atoms in total. The summed E-state index contributed by atoms with van der Waals surface area (Å²) in [7, 11) is 1.60. The van der Waals surface area contributed by atoms with Gasteiger partial charge in [-0.05, 0) is 32.4 Å². The zero-order valence-electron chi connectivity index (χ0n) is 14.0. The van der Waals surface area contributed by atoms with Gasteiger partial charge in [0.2, 0.25) is 11.8 Å². The second kappa shape index (κ2) is 8.17. The van der Waals surface area contributed by atoms with Crippen molar-refractivity contribution in [3.63, 3.8) is 0 Å². The molecule has 23 heavy (non-hydrogen) atoms. The van der Waals surface area contributed by atoms with Gasteiger partial charge in [0.15, 0.2) is 5.96 Å². The Morgan fingerprint density at radius 3 is 2.83 bits per heavy atom. The van der Waals surface area contributed by atoms with Gasteiger partial charge in [-0.1, -0.05) is 0 Å². The number of ether oxygens (including phenoxy) is 1. The maximum atomic E-state index is 5.55. The highest BCUT2D eigenvalue weighted by molar-refractivity contribution is 5.79. The molecule has 2 aromatic rings. The van der Waals surface area contributed by atoms with E-state index in [4.69, 9.17) is 9.15 Å². The van der Waals surface area contributed by atoms with Crippen LogP contribution in [-0.4, -0.2) is 29.6 Å². The molecule has 2 aromatic heterocycles. The molecule has 0 radical (unpaired) electrons. The lowest BCUT2D eigenvalue weighted by molar-refractivity contribution is 0.397. The molecule has 2 heterocycles. The van der Waals surface area contributed by atoms with Gasteiger partial charge in [-0.25, -0.2) is 15.0 Å². The van der Waals surface area contributed by atoms with Crippen LogP contribution in [0.15, 0.2) is 27.7 Å². The molecule has 0 unspecified atom stereocenters. The smallest absolute Gasteiger partial charge is 0.214 e. The highest BCUT2D eigenvalue weighted by Crippen LogP contribution is 2.10. The van der Waals surface area contributed by atoms with Crippen LogP contribution in [0.25, 0.3) is 0 Å². The van der Waals surface area contributed by atoms with Crippen molar-refractivity contribution in [3.8, 4) is 5.88 Å². The Morgan fingerprint density at radius 1 is 1.35 bits per heavy atom. The fraction of sp³-hybridized carbons (Fsp3) is 0.438. The Labute approximate surface area is 136 Å². The fourth-order valence-corrected chi connectivity index (χ4v) is 1.95. The number of oxazole rings is 1. The van der Waals surface area contributed by atoms with Gasteiger partial charge in [0.25, 0.3) is 0 Å². The molecular weight excluding hydrogens is 294 g/mol. The lowest BCUT2D eigenvalue weighted by atomic mass is 10.3. The summed E-state index contributed by atoms with van der Waals surface area (Å²) in [5.41, 5.74) is 1.93. The third-order valence-electron chi connectivity index (χ3n) is 3.25.